The SMILES string of the molecule is Cc1ccc(NC(=S)NC(=S)Nc2ccc(Cl)cc2)cc1. The number of hydrogen-bond acceptors (Lipinski definition) is 2. The van der Waals surface area contributed by atoms with E-state index < -0.39 is 0 Å². The van der Waals surface area contributed by atoms with Crippen molar-refractivity contribution < 1.29 is 0 Å². The highest BCUT2D eigenvalue weighted by Crippen LogP contribution is 2.13. The molecule has 6 heteroatoms. The van der Waals surface area contributed by atoms with E-state index in [0.717, 1.165) is 11.4 Å². The number of rotatable bonds is 2. The van der Waals surface area contributed by atoms with Crippen molar-refractivity contribution in [2.45, 2.75) is 6.92 Å². The molecule has 0 heterocycles. The van der Waals surface area contributed by atoms with E-state index in [1.54, 1.807) is 12.1 Å². The Morgan fingerprint density at radius 3 is 1.71 bits per heavy atom. The second-order valence-corrected chi connectivity index (χ2v) is 5.66. The molecule has 2 aromatic rings. The number of hydrogen-bond donors (Lipinski definition) is 3. The summed E-state index contributed by atoms with van der Waals surface area (Å²) >= 11 is 16.2. The maximum absolute atomic E-state index is 5.83. The molecule has 0 fully saturated rings. The highest BCUT2D eigenvalue weighted by molar-refractivity contribution is 7.82. The number of halogens is 1. The number of aryl methyl sites for hydroxylation is 1. The first-order valence-electron chi connectivity index (χ1n) is 6.24. The Morgan fingerprint density at radius 2 is 1.24 bits per heavy atom. The smallest absolute Gasteiger partial charge is 0.177 e. The van der Waals surface area contributed by atoms with Gasteiger partial charge in [-0.15, -0.1) is 0 Å². The van der Waals surface area contributed by atoms with Gasteiger partial charge in [-0.3, -0.25) is 0 Å². The summed E-state index contributed by atoms with van der Waals surface area (Å²) in [5, 5.41) is 10.5. The minimum atomic E-state index is 0.418. The van der Waals surface area contributed by atoms with Gasteiger partial charge in [-0.2, -0.15) is 0 Å². The lowest BCUT2D eigenvalue weighted by atomic mass is 10.2. The number of thiocarbonyl (C=S) groups is 2. The number of anilines is 2. The van der Waals surface area contributed by atoms with Crippen LogP contribution in [0.2, 0.25) is 5.02 Å². The molecule has 0 saturated carbocycles. The molecule has 0 aromatic heterocycles. The summed E-state index contributed by atoms with van der Waals surface area (Å²) in [6.45, 7) is 2.03. The quantitative estimate of drug-likeness (QED) is 0.712. The van der Waals surface area contributed by atoms with Crippen LogP contribution in [0.25, 0.3) is 0 Å². The Bertz CT molecular complexity index is 581. The Morgan fingerprint density at radius 1 is 0.810 bits per heavy atom. The molecule has 0 aliphatic carbocycles. The van der Waals surface area contributed by atoms with Gasteiger partial charge in [-0.05, 0) is 67.8 Å². The fraction of sp³-hybridized carbons (Fsp3) is 0.0667. The fourth-order valence-electron chi connectivity index (χ4n) is 1.60. The summed E-state index contributed by atoms with van der Waals surface area (Å²) in [5.41, 5.74) is 2.95. The molecule has 2 aromatic carbocycles. The highest BCUT2D eigenvalue weighted by atomic mass is 35.5. The van der Waals surface area contributed by atoms with Crippen molar-refractivity contribution in [2.75, 3.05) is 10.6 Å². The molecule has 0 aliphatic heterocycles. The van der Waals surface area contributed by atoms with E-state index >= 15 is 0 Å². The van der Waals surface area contributed by atoms with Crippen LogP contribution in [-0.4, -0.2) is 10.2 Å². The molecule has 0 atom stereocenters. The van der Waals surface area contributed by atoms with Crippen molar-refractivity contribution in [3.05, 3.63) is 59.1 Å². The summed E-state index contributed by atoms with van der Waals surface area (Å²) < 4.78 is 0. The first-order valence-corrected chi connectivity index (χ1v) is 7.43. The van der Waals surface area contributed by atoms with E-state index in [2.05, 4.69) is 16.0 Å². The monoisotopic (exact) mass is 335 g/mol. The van der Waals surface area contributed by atoms with Gasteiger partial charge >= 0.3 is 0 Å². The molecular weight excluding hydrogens is 322 g/mol. The normalized spacial score (nSPS) is 9.81. The van der Waals surface area contributed by atoms with Gasteiger partial charge in [0.25, 0.3) is 0 Å². The average molecular weight is 336 g/mol. The van der Waals surface area contributed by atoms with Gasteiger partial charge in [0.05, 0.1) is 0 Å². The van der Waals surface area contributed by atoms with Crippen LogP contribution in [0.5, 0.6) is 0 Å². The van der Waals surface area contributed by atoms with E-state index in [0.29, 0.717) is 15.2 Å². The van der Waals surface area contributed by atoms with Crippen molar-refractivity contribution in [3.63, 3.8) is 0 Å². The van der Waals surface area contributed by atoms with E-state index in [4.69, 9.17) is 36.0 Å². The predicted octanol–water partition coefficient (Wildman–Crippen LogP) is 4.33. The molecule has 21 heavy (non-hydrogen) atoms. The lowest BCUT2D eigenvalue weighted by Crippen LogP contribution is -2.37. The van der Waals surface area contributed by atoms with Crippen LogP contribution in [0, 0.1) is 6.92 Å². The fourth-order valence-corrected chi connectivity index (χ4v) is 2.23. The summed E-state index contributed by atoms with van der Waals surface area (Å²) in [6, 6.07) is 15.2. The third kappa shape index (κ3) is 5.30. The zero-order chi connectivity index (χ0) is 15.2. The molecule has 0 radical (unpaired) electrons. The van der Waals surface area contributed by atoms with Crippen molar-refractivity contribution >= 4 is 57.6 Å². The predicted molar refractivity (Wildman–Crippen MR) is 98.2 cm³/mol. The zero-order valence-corrected chi connectivity index (χ0v) is 13.7. The Balaban J connectivity index is 1.85. The Hall–Kier alpha value is -1.69. The van der Waals surface area contributed by atoms with Gasteiger partial charge < -0.3 is 16.0 Å². The van der Waals surface area contributed by atoms with Crippen molar-refractivity contribution in [3.8, 4) is 0 Å². The highest BCUT2D eigenvalue weighted by Gasteiger charge is 2.02. The second-order valence-electron chi connectivity index (χ2n) is 4.41. The standard InChI is InChI=1S/C15H14ClN3S2/c1-10-2-6-12(7-3-10)17-14(20)19-15(21)18-13-8-4-11(16)5-9-13/h2-9H,1H3,(H3,17,18,19,20,21). The number of nitrogens with one attached hydrogen (secondary N) is 3. The summed E-state index contributed by atoms with van der Waals surface area (Å²) in [7, 11) is 0. The van der Waals surface area contributed by atoms with Gasteiger partial charge in [-0.25, -0.2) is 0 Å². The van der Waals surface area contributed by atoms with Crippen molar-refractivity contribution in [2.24, 2.45) is 0 Å². The Labute approximate surface area is 139 Å². The minimum Gasteiger partial charge on any atom is -0.332 e. The summed E-state index contributed by atoms with van der Waals surface area (Å²) in [5.74, 6) is 0. The van der Waals surface area contributed by atoms with Crippen LogP contribution < -0.4 is 16.0 Å². The maximum Gasteiger partial charge on any atom is 0.177 e. The molecule has 0 unspecified atom stereocenters. The van der Waals surface area contributed by atoms with Gasteiger partial charge in [0, 0.05) is 16.4 Å². The topological polar surface area (TPSA) is 36.1 Å². The first-order chi connectivity index (χ1) is 10.0. The van der Waals surface area contributed by atoms with Gasteiger partial charge in [0.15, 0.2) is 10.2 Å². The zero-order valence-electron chi connectivity index (χ0n) is 11.3. The molecule has 3 N–H and O–H groups in total. The van der Waals surface area contributed by atoms with Crippen LogP contribution in [0.3, 0.4) is 0 Å². The average Bonchev–Trinajstić information content (AvgIpc) is 2.44. The first kappa shape index (κ1) is 15.7. The molecule has 0 saturated heterocycles. The summed E-state index contributed by atoms with van der Waals surface area (Å²) in [4.78, 5) is 0. The van der Waals surface area contributed by atoms with E-state index in [1.165, 1.54) is 5.56 Å². The van der Waals surface area contributed by atoms with Crippen molar-refractivity contribution in [1.82, 2.24) is 5.32 Å². The van der Waals surface area contributed by atoms with E-state index in [1.807, 2.05) is 43.3 Å². The third-order valence-electron chi connectivity index (χ3n) is 2.64. The summed E-state index contributed by atoms with van der Waals surface area (Å²) in [6.07, 6.45) is 0. The van der Waals surface area contributed by atoms with Gasteiger partial charge in [0.2, 0.25) is 0 Å². The van der Waals surface area contributed by atoms with E-state index in [-0.39, 0.29) is 0 Å². The lowest BCUT2D eigenvalue weighted by Gasteiger charge is -2.13. The van der Waals surface area contributed by atoms with Gasteiger partial charge in [-0.1, -0.05) is 29.3 Å². The lowest BCUT2D eigenvalue weighted by molar-refractivity contribution is 1.39. The molecule has 2 rings (SSSR count). The largest absolute Gasteiger partial charge is 0.332 e. The molecule has 0 spiro atoms. The van der Waals surface area contributed by atoms with Crippen LogP contribution in [-0.2, 0) is 0 Å². The minimum absolute atomic E-state index is 0.418. The molecule has 0 aliphatic rings. The molecule has 0 amide bonds. The second kappa shape index (κ2) is 7.36. The van der Waals surface area contributed by atoms with E-state index in [9.17, 15) is 0 Å². The molecule has 0 bridgehead atoms. The molecular formula is C15H14ClN3S2. The van der Waals surface area contributed by atoms with Crippen molar-refractivity contribution in [1.29, 1.82) is 0 Å². The van der Waals surface area contributed by atoms with Gasteiger partial charge in [0.1, 0.15) is 0 Å². The maximum atomic E-state index is 5.83. The number of benzene rings is 2. The molecule has 3 nitrogen and oxygen atoms in total. The molecule has 108 valence electrons. The van der Waals surface area contributed by atoms with Crippen LogP contribution in [0.4, 0.5) is 11.4 Å². The third-order valence-corrected chi connectivity index (χ3v) is 3.30. The van der Waals surface area contributed by atoms with Crippen LogP contribution in [0.15, 0.2) is 48.5 Å². The Kier molecular flexibility index (Phi) is 5.50. The van der Waals surface area contributed by atoms with Crippen LogP contribution >= 0.6 is 36.0 Å². The van der Waals surface area contributed by atoms with Crippen LogP contribution in [0.1, 0.15) is 5.56 Å².